The highest BCUT2D eigenvalue weighted by molar-refractivity contribution is 5.81. The number of nitrogens with zero attached hydrogens (tertiary/aromatic N) is 1. The number of nitrogens with two attached hydrogens (primary N) is 1. The van der Waals surface area contributed by atoms with Gasteiger partial charge in [-0.1, -0.05) is 0 Å². The van der Waals surface area contributed by atoms with E-state index in [0.717, 1.165) is 25.2 Å². The summed E-state index contributed by atoms with van der Waals surface area (Å²) in [6.07, 6.45) is 2.17. The molecule has 1 rings (SSSR count). The van der Waals surface area contributed by atoms with Gasteiger partial charge in [0, 0.05) is 13.0 Å². The van der Waals surface area contributed by atoms with Crippen LogP contribution in [0.1, 0.15) is 12.8 Å². The Morgan fingerprint density at radius 2 is 2.29 bits per heavy atom. The summed E-state index contributed by atoms with van der Waals surface area (Å²) in [6.45, 7) is 0.950. The van der Waals surface area contributed by atoms with Crippen LogP contribution in [0.4, 0.5) is 0 Å². The molecule has 0 atom stereocenters. The van der Waals surface area contributed by atoms with Crippen LogP contribution in [0.5, 0.6) is 0 Å². The maximum atomic E-state index is 5.28. The molecule has 0 spiro atoms. The van der Waals surface area contributed by atoms with E-state index >= 15 is 0 Å². The fraction of sp³-hybridized carbons (Fsp3) is 0.750. The van der Waals surface area contributed by atoms with E-state index in [9.17, 15) is 0 Å². The van der Waals surface area contributed by atoms with Gasteiger partial charge in [-0.25, -0.2) is 0 Å². The third-order valence-electron chi connectivity index (χ3n) is 0.906. The Morgan fingerprint density at radius 1 is 1.57 bits per heavy atom. The third kappa shape index (κ3) is 1.78. The molecule has 2 N–H and O–H groups in total. The molecular weight excluding hydrogens is 112 g/mol. The van der Waals surface area contributed by atoms with E-state index in [1.165, 1.54) is 0 Å². The van der Waals surface area contributed by atoms with Crippen molar-refractivity contribution in [2.45, 2.75) is 12.8 Å². The van der Waals surface area contributed by atoms with Gasteiger partial charge in [-0.2, -0.15) is 0 Å². The Kier molecular flexibility index (Phi) is 2.76. The quantitative estimate of drug-likeness (QED) is 0.366. The number of rotatable bonds is 0. The van der Waals surface area contributed by atoms with Gasteiger partial charge in [0.1, 0.15) is 0 Å². The molecule has 0 radical (unpaired) electrons. The average Bonchev–Trinajstić information content (AvgIpc) is 1.86. The molecule has 42 valence electrons. The minimum Gasteiger partial charge on any atom is -1.00 e. The first-order chi connectivity index (χ1) is 2.89. The van der Waals surface area contributed by atoms with Crippen LogP contribution in [0.3, 0.4) is 0 Å². The van der Waals surface area contributed by atoms with E-state index in [1.54, 1.807) is 0 Å². The van der Waals surface area contributed by atoms with Crippen molar-refractivity contribution in [1.29, 1.82) is 0 Å². The van der Waals surface area contributed by atoms with Gasteiger partial charge in [-0.3, -0.25) is 4.99 Å². The SMILES string of the molecule is NC1=NCCC1.[Cl-]. The Bertz CT molecular complexity index is 79.8. The third-order valence-corrected chi connectivity index (χ3v) is 0.906. The number of hydrogen-bond acceptors (Lipinski definition) is 2. The Morgan fingerprint density at radius 3 is 2.43 bits per heavy atom. The van der Waals surface area contributed by atoms with Crippen molar-refractivity contribution in [2.75, 3.05) is 6.54 Å². The minimum absolute atomic E-state index is 0. The van der Waals surface area contributed by atoms with E-state index in [0.29, 0.717) is 0 Å². The summed E-state index contributed by atoms with van der Waals surface area (Å²) in [5.41, 5.74) is 5.28. The van der Waals surface area contributed by atoms with Crippen LogP contribution >= 0.6 is 0 Å². The lowest BCUT2D eigenvalue weighted by molar-refractivity contribution is -0.00000147. The van der Waals surface area contributed by atoms with Crippen LogP contribution in [0, 0.1) is 0 Å². The first kappa shape index (κ1) is 6.76. The Hall–Kier alpha value is -0.240. The van der Waals surface area contributed by atoms with Gasteiger partial charge in [-0.15, -0.1) is 0 Å². The van der Waals surface area contributed by atoms with Gasteiger partial charge < -0.3 is 18.1 Å². The zero-order valence-electron chi connectivity index (χ0n) is 4.02. The fourth-order valence-corrected chi connectivity index (χ4v) is 0.562. The lowest BCUT2D eigenvalue weighted by atomic mass is 10.3. The van der Waals surface area contributed by atoms with Crippen molar-refractivity contribution in [1.82, 2.24) is 0 Å². The summed E-state index contributed by atoms with van der Waals surface area (Å²) in [4.78, 5) is 3.93. The molecule has 1 heterocycles. The van der Waals surface area contributed by atoms with Crippen LogP contribution in [0.25, 0.3) is 0 Å². The molecule has 2 nitrogen and oxygen atoms in total. The molecule has 0 aromatic rings. The molecule has 3 heteroatoms. The first-order valence-electron chi connectivity index (χ1n) is 2.18. The van der Waals surface area contributed by atoms with E-state index in [1.807, 2.05) is 0 Å². The van der Waals surface area contributed by atoms with Crippen LogP contribution < -0.4 is 18.1 Å². The predicted octanol–water partition coefficient (Wildman–Crippen LogP) is -2.86. The number of aliphatic imine (C=N–C) groups is 1. The summed E-state index contributed by atoms with van der Waals surface area (Å²) >= 11 is 0. The van der Waals surface area contributed by atoms with Gasteiger partial charge >= 0.3 is 0 Å². The highest BCUT2D eigenvalue weighted by Crippen LogP contribution is 1.97. The highest BCUT2D eigenvalue weighted by Gasteiger charge is 1.97. The van der Waals surface area contributed by atoms with E-state index in [2.05, 4.69) is 4.99 Å². The van der Waals surface area contributed by atoms with Gasteiger partial charge in [0.15, 0.2) is 0 Å². The molecule has 0 aromatic carbocycles. The zero-order valence-corrected chi connectivity index (χ0v) is 4.78. The summed E-state index contributed by atoms with van der Waals surface area (Å²) < 4.78 is 0. The molecule has 1 aliphatic rings. The van der Waals surface area contributed by atoms with Crippen molar-refractivity contribution >= 4 is 5.84 Å². The summed E-state index contributed by atoms with van der Waals surface area (Å²) in [5.74, 6) is 0.829. The smallest absolute Gasteiger partial charge is 0.0937 e. The van der Waals surface area contributed by atoms with E-state index in [4.69, 9.17) is 5.73 Å². The fourth-order valence-electron chi connectivity index (χ4n) is 0.562. The number of amidine groups is 1. The predicted molar refractivity (Wildman–Crippen MR) is 25.7 cm³/mol. The van der Waals surface area contributed by atoms with Gasteiger partial charge in [0.25, 0.3) is 0 Å². The summed E-state index contributed by atoms with van der Waals surface area (Å²) in [5, 5.41) is 0. The second kappa shape index (κ2) is 2.86. The molecule has 0 amide bonds. The van der Waals surface area contributed by atoms with Crippen molar-refractivity contribution in [3.63, 3.8) is 0 Å². The maximum absolute atomic E-state index is 5.28. The maximum Gasteiger partial charge on any atom is 0.0937 e. The highest BCUT2D eigenvalue weighted by atomic mass is 35.5. The zero-order chi connectivity index (χ0) is 4.41. The Labute approximate surface area is 49.2 Å². The lowest BCUT2D eigenvalue weighted by Gasteiger charge is -1.78. The second-order valence-corrected chi connectivity index (χ2v) is 1.48. The molecule has 0 fully saturated rings. The molecule has 0 saturated carbocycles. The van der Waals surface area contributed by atoms with Crippen molar-refractivity contribution in [2.24, 2.45) is 10.7 Å². The van der Waals surface area contributed by atoms with E-state index in [-0.39, 0.29) is 12.4 Å². The molecule has 0 bridgehead atoms. The van der Waals surface area contributed by atoms with Gasteiger partial charge in [-0.05, 0) is 6.42 Å². The molecule has 0 saturated heterocycles. The van der Waals surface area contributed by atoms with Crippen molar-refractivity contribution < 1.29 is 12.4 Å². The van der Waals surface area contributed by atoms with E-state index < -0.39 is 0 Å². The van der Waals surface area contributed by atoms with Gasteiger partial charge in [0.2, 0.25) is 0 Å². The Balaban J connectivity index is 0.000000360. The van der Waals surface area contributed by atoms with Crippen LogP contribution in [0.2, 0.25) is 0 Å². The monoisotopic (exact) mass is 119 g/mol. The molecule has 7 heavy (non-hydrogen) atoms. The average molecular weight is 120 g/mol. The van der Waals surface area contributed by atoms with Crippen LogP contribution in [-0.4, -0.2) is 12.4 Å². The molecule has 0 aliphatic carbocycles. The normalized spacial score (nSPS) is 18.0. The minimum atomic E-state index is 0. The first-order valence-corrected chi connectivity index (χ1v) is 2.18. The molecular formula is C4H8ClN2-. The second-order valence-electron chi connectivity index (χ2n) is 1.48. The number of hydrogen-bond donors (Lipinski definition) is 1. The van der Waals surface area contributed by atoms with Crippen molar-refractivity contribution in [3.8, 4) is 0 Å². The summed E-state index contributed by atoms with van der Waals surface area (Å²) in [7, 11) is 0. The lowest BCUT2D eigenvalue weighted by Crippen LogP contribution is -3.00. The summed E-state index contributed by atoms with van der Waals surface area (Å²) in [6, 6.07) is 0. The van der Waals surface area contributed by atoms with Crippen LogP contribution in [-0.2, 0) is 0 Å². The van der Waals surface area contributed by atoms with Crippen molar-refractivity contribution in [3.05, 3.63) is 0 Å². The number of halogens is 1. The molecule has 0 unspecified atom stereocenters. The topological polar surface area (TPSA) is 38.4 Å². The van der Waals surface area contributed by atoms with Crippen LogP contribution in [0.15, 0.2) is 4.99 Å². The van der Waals surface area contributed by atoms with Gasteiger partial charge in [0.05, 0.1) is 5.84 Å². The largest absolute Gasteiger partial charge is 1.00 e. The standard InChI is InChI=1S/C4H8N2.ClH/c5-4-2-1-3-6-4;/h1-3H2,(H2,5,6);1H/p-1. The molecule has 0 aromatic heterocycles. The molecule has 1 aliphatic heterocycles.